The Bertz CT molecular complexity index is 850. The van der Waals surface area contributed by atoms with Crippen LogP contribution >= 0.6 is 0 Å². The number of nitriles is 1. The molecule has 1 amide bonds. The molecule has 0 radical (unpaired) electrons. The average Bonchev–Trinajstić information content (AvgIpc) is 3.53. The Labute approximate surface area is 165 Å². The molecule has 0 heterocycles. The zero-order chi connectivity index (χ0) is 19.9. The Morgan fingerprint density at radius 1 is 1.21 bits per heavy atom. The first-order valence-corrected chi connectivity index (χ1v) is 9.56. The van der Waals surface area contributed by atoms with E-state index in [1.165, 1.54) is 12.8 Å². The molecule has 0 spiro atoms. The number of rotatable bonds is 9. The number of likely N-dealkylation sites (N-methyl/N-ethyl adjacent to an activating group) is 1. The van der Waals surface area contributed by atoms with Crippen LogP contribution in [-0.2, 0) is 4.79 Å². The molecule has 6 heteroatoms. The van der Waals surface area contributed by atoms with E-state index in [4.69, 9.17) is 9.47 Å². The molecule has 6 nitrogen and oxygen atoms in total. The first-order valence-electron chi connectivity index (χ1n) is 9.56. The van der Waals surface area contributed by atoms with Crippen LogP contribution in [0.25, 0.3) is 0 Å². The standard InChI is InChI=1S/C22H25N3O3/c1-3-20(24-2)22(26)25-17-7-10-18(11-8-17)28-19-9-6-16(13-23)21(12-19)27-14-15-4-5-15/h6-12,15,20,24H,3-5,14H2,1-2H3,(H,25,26)/t20-/m1/s1. The van der Waals surface area contributed by atoms with E-state index in [1.54, 1.807) is 49.5 Å². The Hall–Kier alpha value is -3.04. The van der Waals surface area contributed by atoms with Gasteiger partial charge < -0.3 is 20.1 Å². The molecule has 28 heavy (non-hydrogen) atoms. The summed E-state index contributed by atoms with van der Waals surface area (Å²) in [5, 5.41) is 15.1. The average molecular weight is 379 g/mol. The molecule has 2 N–H and O–H groups in total. The van der Waals surface area contributed by atoms with E-state index < -0.39 is 0 Å². The van der Waals surface area contributed by atoms with Crippen LogP contribution in [0.4, 0.5) is 5.69 Å². The van der Waals surface area contributed by atoms with Gasteiger partial charge >= 0.3 is 0 Å². The molecule has 146 valence electrons. The van der Waals surface area contributed by atoms with Crippen LogP contribution in [0, 0.1) is 17.2 Å². The summed E-state index contributed by atoms with van der Waals surface area (Å²) < 4.78 is 11.7. The van der Waals surface area contributed by atoms with Gasteiger partial charge in [0.25, 0.3) is 0 Å². The summed E-state index contributed by atoms with van der Waals surface area (Å²) in [6.45, 7) is 2.59. The number of amides is 1. The second-order valence-corrected chi connectivity index (χ2v) is 6.89. The Morgan fingerprint density at radius 2 is 1.93 bits per heavy atom. The molecule has 0 aromatic heterocycles. The first kappa shape index (κ1) is 19.7. The van der Waals surface area contributed by atoms with E-state index in [1.807, 2.05) is 6.92 Å². The van der Waals surface area contributed by atoms with Gasteiger partial charge in [0.1, 0.15) is 23.3 Å². The summed E-state index contributed by atoms with van der Waals surface area (Å²) in [5.74, 6) is 2.32. The zero-order valence-corrected chi connectivity index (χ0v) is 16.2. The van der Waals surface area contributed by atoms with Crippen LogP contribution in [0.15, 0.2) is 42.5 Å². The molecular weight excluding hydrogens is 354 g/mol. The number of hydrogen-bond donors (Lipinski definition) is 2. The van der Waals surface area contributed by atoms with Gasteiger partial charge in [0.2, 0.25) is 5.91 Å². The SMILES string of the molecule is CC[C@@H](NC)C(=O)Nc1ccc(Oc2ccc(C#N)c(OCC3CC3)c2)cc1. The lowest BCUT2D eigenvalue weighted by atomic mass is 10.2. The largest absolute Gasteiger partial charge is 0.492 e. The number of anilines is 1. The summed E-state index contributed by atoms with van der Waals surface area (Å²) >= 11 is 0. The van der Waals surface area contributed by atoms with E-state index in [9.17, 15) is 10.1 Å². The van der Waals surface area contributed by atoms with Crippen molar-refractivity contribution in [3.8, 4) is 23.3 Å². The van der Waals surface area contributed by atoms with Gasteiger partial charge in [-0.15, -0.1) is 0 Å². The van der Waals surface area contributed by atoms with Crippen molar-refractivity contribution in [2.24, 2.45) is 5.92 Å². The lowest BCUT2D eigenvalue weighted by molar-refractivity contribution is -0.118. The smallest absolute Gasteiger partial charge is 0.241 e. The quantitative estimate of drug-likeness (QED) is 0.686. The van der Waals surface area contributed by atoms with Gasteiger partial charge in [-0.25, -0.2) is 0 Å². The topological polar surface area (TPSA) is 83.4 Å². The molecule has 0 saturated heterocycles. The third-order valence-corrected chi connectivity index (χ3v) is 4.68. The molecule has 1 aliphatic carbocycles. The Balaban J connectivity index is 1.64. The van der Waals surface area contributed by atoms with E-state index in [0.29, 0.717) is 47.4 Å². The van der Waals surface area contributed by atoms with Crippen molar-refractivity contribution in [2.45, 2.75) is 32.2 Å². The van der Waals surface area contributed by atoms with Crippen molar-refractivity contribution >= 4 is 11.6 Å². The fourth-order valence-electron chi connectivity index (χ4n) is 2.76. The molecular formula is C22H25N3O3. The minimum absolute atomic E-state index is 0.0665. The van der Waals surface area contributed by atoms with Gasteiger partial charge in [0.15, 0.2) is 0 Å². The van der Waals surface area contributed by atoms with Gasteiger partial charge in [0, 0.05) is 11.8 Å². The van der Waals surface area contributed by atoms with Gasteiger partial charge in [0.05, 0.1) is 18.2 Å². The highest BCUT2D eigenvalue weighted by Crippen LogP contribution is 2.32. The van der Waals surface area contributed by atoms with Crippen molar-refractivity contribution in [1.29, 1.82) is 5.26 Å². The number of hydrogen-bond acceptors (Lipinski definition) is 5. The van der Waals surface area contributed by atoms with E-state index in [2.05, 4.69) is 16.7 Å². The second-order valence-electron chi connectivity index (χ2n) is 6.89. The predicted octanol–water partition coefficient (Wildman–Crippen LogP) is 4.08. The van der Waals surface area contributed by atoms with Crippen LogP contribution in [0.1, 0.15) is 31.7 Å². The van der Waals surface area contributed by atoms with Crippen molar-refractivity contribution in [2.75, 3.05) is 19.0 Å². The molecule has 0 bridgehead atoms. The summed E-state index contributed by atoms with van der Waals surface area (Å²) in [6, 6.07) is 14.3. The summed E-state index contributed by atoms with van der Waals surface area (Å²) in [7, 11) is 1.77. The van der Waals surface area contributed by atoms with Crippen LogP contribution in [0.3, 0.4) is 0 Å². The monoisotopic (exact) mass is 379 g/mol. The van der Waals surface area contributed by atoms with Gasteiger partial charge in [-0.2, -0.15) is 5.26 Å². The van der Waals surface area contributed by atoms with Crippen molar-refractivity contribution in [3.05, 3.63) is 48.0 Å². The normalized spacial score (nSPS) is 14.0. The predicted molar refractivity (Wildman–Crippen MR) is 108 cm³/mol. The number of nitrogens with one attached hydrogen (secondary N) is 2. The Morgan fingerprint density at radius 3 is 2.54 bits per heavy atom. The first-order chi connectivity index (χ1) is 13.6. The maximum Gasteiger partial charge on any atom is 0.241 e. The van der Waals surface area contributed by atoms with Gasteiger partial charge in [-0.05, 0) is 68.6 Å². The van der Waals surface area contributed by atoms with Gasteiger partial charge in [-0.1, -0.05) is 6.92 Å². The second kappa shape index (κ2) is 9.25. The highest BCUT2D eigenvalue weighted by molar-refractivity contribution is 5.94. The highest BCUT2D eigenvalue weighted by atomic mass is 16.5. The third-order valence-electron chi connectivity index (χ3n) is 4.68. The molecule has 1 aliphatic rings. The molecule has 1 fully saturated rings. The fraction of sp³-hybridized carbons (Fsp3) is 0.364. The van der Waals surface area contributed by atoms with Crippen molar-refractivity contribution in [3.63, 3.8) is 0 Å². The maximum atomic E-state index is 12.1. The molecule has 1 atom stereocenters. The molecule has 2 aromatic carbocycles. The van der Waals surface area contributed by atoms with E-state index >= 15 is 0 Å². The van der Waals surface area contributed by atoms with E-state index in [-0.39, 0.29) is 11.9 Å². The van der Waals surface area contributed by atoms with Crippen molar-refractivity contribution in [1.82, 2.24) is 5.32 Å². The number of ether oxygens (including phenoxy) is 2. The summed E-state index contributed by atoms with van der Waals surface area (Å²) in [6.07, 6.45) is 3.09. The fourth-order valence-corrected chi connectivity index (χ4v) is 2.76. The summed E-state index contributed by atoms with van der Waals surface area (Å²) in [5.41, 5.74) is 1.21. The lowest BCUT2D eigenvalue weighted by Crippen LogP contribution is -2.37. The molecule has 1 saturated carbocycles. The third kappa shape index (κ3) is 5.24. The maximum absolute atomic E-state index is 12.1. The highest BCUT2D eigenvalue weighted by Gasteiger charge is 2.22. The molecule has 0 aliphatic heterocycles. The molecule has 0 unspecified atom stereocenters. The zero-order valence-electron chi connectivity index (χ0n) is 16.2. The van der Waals surface area contributed by atoms with Crippen LogP contribution in [-0.4, -0.2) is 25.6 Å². The number of carbonyl (C=O) groups excluding carboxylic acids is 1. The van der Waals surface area contributed by atoms with Crippen LogP contribution in [0.5, 0.6) is 17.2 Å². The number of nitrogens with zero attached hydrogens (tertiary/aromatic N) is 1. The summed E-state index contributed by atoms with van der Waals surface area (Å²) in [4.78, 5) is 12.1. The van der Waals surface area contributed by atoms with Crippen LogP contribution in [0.2, 0.25) is 0 Å². The molecule has 3 rings (SSSR count). The lowest BCUT2D eigenvalue weighted by Gasteiger charge is -2.14. The molecule has 2 aromatic rings. The minimum Gasteiger partial charge on any atom is -0.492 e. The van der Waals surface area contributed by atoms with Crippen LogP contribution < -0.4 is 20.1 Å². The number of benzene rings is 2. The minimum atomic E-state index is -0.219. The van der Waals surface area contributed by atoms with Crippen molar-refractivity contribution < 1.29 is 14.3 Å². The Kier molecular flexibility index (Phi) is 6.51. The number of carbonyl (C=O) groups is 1. The van der Waals surface area contributed by atoms with Gasteiger partial charge in [-0.3, -0.25) is 4.79 Å². The van der Waals surface area contributed by atoms with E-state index in [0.717, 1.165) is 0 Å².